The standard InChI is InChI=1S/C11H17NO2.C11H20O3.C3H7I.C3H8.2B/c1-8-6-10(14-5)11(12-3,7-13-4)9(8)2;1-8-5-10(14-4)11(6-12,7-13-3)9(8)2;1-3(2)4;1-3-2;;/h8,10H,2,6-7H2,1,4-5H3;8,10,12H,2,5-7H2,1,3-4H3;3H,1-2H3;3H2,1-2H3;;/t8-,10-,11+;8-,10-,11-;;;;/m00..../s1. The van der Waals surface area contributed by atoms with Crippen LogP contribution in [0.5, 0.6) is 0 Å². The van der Waals surface area contributed by atoms with Crippen molar-refractivity contribution < 1.29 is 24.1 Å². The molecule has 0 aliphatic heterocycles. The number of rotatable bonds is 7. The van der Waals surface area contributed by atoms with E-state index in [9.17, 15) is 5.11 Å². The molecule has 0 aromatic carbocycles. The average Bonchev–Trinajstić information content (AvgIpc) is 3.20. The SMILES string of the molecule is C=C1[C@@H](C)C[C@H](OC)[C@@]1(CO)COC.CC(C)I.CCC.[B].[B].[C-]#[N+][C@]1(COC)C(=C)[C@@H](C)C[C@@H]1OC. The molecule has 2 aliphatic carbocycles. The lowest BCUT2D eigenvalue weighted by molar-refractivity contribution is -0.0453. The maximum absolute atomic E-state index is 9.52. The maximum atomic E-state index is 9.52. The van der Waals surface area contributed by atoms with Crippen LogP contribution < -0.4 is 0 Å². The fourth-order valence-corrected chi connectivity index (χ4v) is 4.57. The summed E-state index contributed by atoms with van der Waals surface area (Å²) in [4.78, 5) is 3.69. The van der Waals surface area contributed by atoms with E-state index in [0.29, 0.717) is 25.0 Å². The first-order valence-corrected chi connectivity index (χ1v) is 13.7. The van der Waals surface area contributed by atoms with Crippen LogP contribution in [0, 0.1) is 23.8 Å². The van der Waals surface area contributed by atoms with Crippen molar-refractivity contribution in [3.63, 3.8) is 0 Å². The van der Waals surface area contributed by atoms with Crippen molar-refractivity contribution in [1.29, 1.82) is 0 Å². The van der Waals surface area contributed by atoms with E-state index in [-0.39, 0.29) is 35.6 Å². The van der Waals surface area contributed by atoms with E-state index in [4.69, 9.17) is 25.5 Å². The summed E-state index contributed by atoms with van der Waals surface area (Å²) in [6.45, 7) is 29.0. The Balaban J connectivity index is -0.000000226. The minimum absolute atomic E-state index is 0. The highest BCUT2D eigenvalue weighted by molar-refractivity contribution is 14.1. The van der Waals surface area contributed by atoms with E-state index in [1.54, 1.807) is 28.4 Å². The minimum Gasteiger partial charge on any atom is -0.395 e. The number of nitrogens with zero attached hydrogens (tertiary/aromatic N) is 1. The van der Waals surface area contributed by atoms with Crippen LogP contribution >= 0.6 is 22.6 Å². The first-order chi connectivity index (χ1) is 16.4. The summed E-state index contributed by atoms with van der Waals surface area (Å²) >= 11 is 2.34. The monoisotopic (exact) mass is 631 g/mol. The summed E-state index contributed by atoms with van der Waals surface area (Å²) in [5.74, 6) is 0.728. The van der Waals surface area contributed by atoms with Crippen LogP contribution in [-0.4, -0.2) is 91.9 Å². The Kier molecular flexibility index (Phi) is 26.5. The normalized spacial score (nSPS) is 29.8. The van der Waals surface area contributed by atoms with Gasteiger partial charge in [0.1, 0.15) is 12.7 Å². The Morgan fingerprint density at radius 3 is 1.65 bits per heavy atom. The quantitative estimate of drug-likeness (QED) is 0.130. The third-order valence-corrected chi connectivity index (χ3v) is 6.49. The molecule has 6 atom stereocenters. The molecule has 2 fully saturated rings. The lowest BCUT2D eigenvalue weighted by Crippen LogP contribution is -2.41. The van der Waals surface area contributed by atoms with Crippen molar-refractivity contribution in [2.75, 3.05) is 48.3 Å². The molecule has 37 heavy (non-hydrogen) atoms. The van der Waals surface area contributed by atoms with Crippen LogP contribution in [0.2, 0.25) is 0 Å². The van der Waals surface area contributed by atoms with Crippen LogP contribution in [0.15, 0.2) is 24.3 Å². The van der Waals surface area contributed by atoms with Gasteiger partial charge in [0.2, 0.25) is 0 Å². The smallest absolute Gasteiger partial charge is 0.301 e. The van der Waals surface area contributed by atoms with Crippen molar-refractivity contribution in [2.45, 2.75) is 82.5 Å². The number of ether oxygens (including phenoxy) is 4. The molecule has 212 valence electrons. The number of aliphatic hydroxyl groups is 1. The molecule has 0 aromatic heterocycles. The van der Waals surface area contributed by atoms with Crippen LogP contribution in [0.4, 0.5) is 0 Å². The second-order valence-electron chi connectivity index (χ2n) is 9.71. The Morgan fingerprint density at radius 1 is 0.946 bits per heavy atom. The molecule has 9 heteroatoms. The minimum atomic E-state index is -0.664. The molecule has 0 unspecified atom stereocenters. The third-order valence-electron chi connectivity index (χ3n) is 6.49. The van der Waals surface area contributed by atoms with Crippen molar-refractivity contribution in [3.8, 4) is 0 Å². The molecule has 0 aromatic rings. The Labute approximate surface area is 246 Å². The molecular weight excluding hydrogens is 579 g/mol. The summed E-state index contributed by atoms with van der Waals surface area (Å²) in [7, 11) is 6.57. The van der Waals surface area contributed by atoms with Gasteiger partial charge in [-0.1, -0.05) is 89.3 Å². The lowest BCUT2D eigenvalue weighted by atomic mass is 9.81. The zero-order valence-electron chi connectivity index (χ0n) is 25.1. The van der Waals surface area contributed by atoms with Gasteiger partial charge < -0.3 is 28.9 Å². The Bertz CT molecular complexity index is 658. The third kappa shape index (κ3) is 12.1. The molecule has 2 aliphatic rings. The van der Waals surface area contributed by atoms with Crippen molar-refractivity contribution in [1.82, 2.24) is 0 Å². The van der Waals surface area contributed by atoms with E-state index in [2.05, 4.69) is 82.1 Å². The maximum Gasteiger partial charge on any atom is 0.301 e. The first kappa shape index (κ1) is 43.7. The molecular formula is C28H52B2INO5. The van der Waals surface area contributed by atoms with E-state index >= 15 is 0 Å². The average molecular weight is 631 g/mol. The van der Waals surface area contributed by atoms with Gasteiger partial charge in [-0.3, -0.25) is 0 Å². The molecule has 2 rings (SSSR count). The molecule has 0 heterocycles. The molecule has 0 spiro atoms. The van der Waals surface area contributed by atoms with Gasteiger partial charge in [-0.25, -0.2) is 6.57 Å². The summed E-state index contributed by atoms with van der Waals surface area (Å²) in [6.07, 6.45) is 2.97. The number of hydrogen-bond donors (Lipinski definition) is 1. The largest absolute Gasteiger partial charge is 0.395 e. The molecule has 0 bridgehead atoms. The van der Waals surface area contributed by atoms with Gasteiger partial charge in [0.25, 0.3) is 0 Å². The van der Waals surface area contributed by atoms with Crippen LogP contribution in [-0.2, 0) is 18.9 Å². The van der Waals surface area contributed by atoms with Crippen molar-refractivity contribution in [3.05, 3.63) is 35.7 Å². The first-order valence-electron chi connectivity index (χ1n) is 12.4. The van der Waals surface area contributed by atoms with Gasteiger partial charge in [-0.15, -0.1) is 0 Å². The summed E-state index contributed by atoms with van der Waals surface area (Å²) in [6, 6.07) is 0. The van der Waals surface area contributed by atoms with Gasteiger partial charge in [0.05, 0.1) is 24.7 Å². The number of methoxy groups -OCH3 is 4. The zero-order chi connectivity index (χ0) is 27.8. The molecule has 6 radical (unpaired) electrons. The summed E-state index contributed by atoms with van der Waals surface area (Å²) in [5.41, 5.74) is 0.932. The second-order valence-corrected chi connectivity index (χ2v) is 12.2. The van der Waals surface area contributed by atoms with Crippen molar-refractivity contribution >= 4 is 39.4 Å². The number of hydrogen-bond acceptors (Lipinski definition) is 5. The highest BCUT2D eigenvalue weighted by Gasteiger charge is 2.56. The molecule has 0 amide bonds. The Hall–Kier alpha value is -0.370. The van der Waals surface area contributed by atoms with Crippen molar-refractivity contribution in [2.24, 2.45) is 17.3 Å². The van der Waals surface area contributed by atoms with Crippen LogP contribution in [0.25, 0.3) is 4.85 Å². The van der Waals surface area contributed by atoms with Gasteiger partial charge in [0, 0.05) is 54.8 Å². The number of aliphatic hydroxyl groups excluding tert-OH is 1. The highest BCUT2D eigenvalue weighted by Crippen LogP contribution is 2.47. The summed E-state index contributed by atoms with van der Waals surface area (Å²) < 4.78 is 21.9. The predicted molar refractivity (Wildman–Crippen MR) is 167 cm³/mol. The van der Waals surface area contributed by atoms with E-state index in [0.717, 1.165) is 27.9 Å². The molecule has 0 saturated heterocycles. The molecule has 1 N–H and O–H groups in total. The predicted octanol–water partition coefficient (Wildman–Crippen LogP) is 5.61. The molecule has 6 nitrogen and oxygen atoms in total. The van der Waals surface area contributed by atoms with E-state index in [1.165, 1.54) is 6.42 Å². The van der Waals surface area contributed by atoms with Gasteiger partial charge in [-0.2, -0.15) is 0 Å². The van der Waals surface area contributed by atoms with Gasteiger partial charge in [0.15, 0.2) is 0 Å². The fourth-order valence-electron chi connectivity index (χ4n) is 4.57. The van der Waals surface area contributed by atoms with E-state index in [1.807, 2.05) is 0 Å². The highest BCUT2D eigenvalue weighted by atomic mass is 127. The second kappa shape index (κ2) is 22.4. The van der Waals surface area contributed by atoms with Gasteiger partial charge >= 0.3 is 5.54 Å². The summed E-state index contributed by atoms with van der Waals surface area (Å²) in [5, 5.41) is 9.52. The number of halogens is 1. The van der Waals surface area contributed by atoms with Gasteiger partial charge in [-0.05, 0) is 24.7 Å². The van der Waals surface area contributed by atoms with Crippen LogP contribution in [0.1, 0.15) is 60.8 Å². The Morgan fingerprint density at radius 2 is 1.32 bits per heavy atom. The fraction of sp³-hybridized carbons (Fsp3) is 0.821. The molecule has 2 saturated carbocycles. The topological polar surface area (TPSA) is 61.5 Å². The zero-order valence-corrected chi connectivity index (χ0v) is 27.3. The van der Waals surface area contributed by atoms with Crippen LogP contribution in [0.3, 0.4) is 0 Å². The van der Waals surface area contributed by atoms with E-state index < -0.39 is 11.0 Å². The number of alkyl halides is 1. The lowest BCUT2D eigenvalue weighted by Gasteiger charge is -2.33.